The van der Waals surface area contributed by atoms with Gasteiger partial charge in [0.15, 0.2) is 0 Å². The summed E-state index contributed by atoms with van der Waals surface area (Å²) >= 11 is 6.00. The zero-order valence-corrected chi connectivity index (χ0v) is 13.4. The predicted octanol–water partition coefficient (Wildman–Crippen LogP) is 3.84. The van der Waals surface area contributed by atoms with Crippen molar-refractivity contribution in [2.45, 2.75) is 20.3 Å². The number of nitrogens with one attached hydrogen (secondary N) is 2. The second kappa shape index (κ2) is 7.75. The number of amides is 1. The molecule has 0 spiro atoms. The van der Waals surface area contributed by atoms with Gasteiger partial charge in [0.2, 0.25) is 0 Å². The lowest BCUT2D eigenvalue weighted by atomic mass is 10.1. The molecule has 2 N–H and O–H groups in total. The normalized spacial score (nSPS) is 10.5. The van der Waals surface area contributed by atoms with Crippen LogP contribution in [0.5, 0.6) is 0 Å². The molecule has 1 amide bonds. The third-order valence-corrected chi connectivity index (χ3v) is 3.36. The Balaban J connectivity index is 1.95. The zero-order chi connectivity index (χ0) is 15.9. The van der Waals surface area contributed by atoms with E-state index >= 15 is 0 Å². The minimum atomic E-state index is -0.339. The molecule has 0 saturated carbocycles. The Morgan fingerprint density at radius 2 is 2.00 bits per heavy atom. The van der Waals surface area contributed by atoms with E-state index < -0.39 is 0 Å². The molecule has 1 heterocycles. The van der Waals surface area contributed by atoms with Gasteiger partial charge in [0.1, 0.15) is 11.5 Å². The molecular formula is C16H19ClN4O. The molecule has 1 aromatic carbocycles. The van der Waals surface area contributed by atoms with E-state index in [0.717, 1.165) is 13.0 Å². The lowest BCUT2D eigenvalue weighted by Crippen LogP contribution is -2.15. The molecule has 0 radical (unpaired) electrons. The van der Waals surface area contributed by atoms with Crippen LogP contribution in [0.4, 0.5) is 11.5 Å². The number of aromatic nitrogens is 2. The molecule has 0 unspecified atom stereocenters. The number of nitrogens with zero attached hydrogens (tertiary/aromatic N) is 2. The maximum Gasteiger partial charge on any atom is 0.275 e. The minimum Gasteiger partial charge on any atom is -0.369 e. The molecule has 0 aliphatic carbocycles. The number of carbonyl (C=O) groups is 1. The smallest absolute Gasteiger partial charge is 0.275 e. The van der Waals surface area contributed by atoms with Crippen LogP contribution >= 0.6 is 11.6 Å². The van der Waals surface area contributed by atoms with Crippen molar-refractivity contribution in [1.82, 2.24) is 9.97 Å². The van der Waals surface area contributed by atoms with Gasteiger partial charge in [-0.25, -0.2) is 9.97 Å². The third kappa shape index (κ3) is 4.70. The van der Waals surface area contributed by atoms with Gasteiger partial charge in [-0.15, -0.1) is 0 Å². The van der Waals surface area contributed by atoms with Gasteiger partial charge in [0, 0.05) is 6.54 Å². The molecule has 2 aromatic rings. The molecular weight excluding hydrogens is 300 g/mol. The quantitative estimate of drug-likeness (QED) is 0.849. The molecule has 0 bridgehead atoms. The molecule has 0 fully saturated rings. The average Bonchev–Trinajstić information content (AvgIpc) is 2.50. The number of rotatable bonds is 6. The Hall–Kier alpha value is -2.14. The first-order chi connectivity index (χ1) is 10.6. The van der Waals surface area contributed by atoms with Crippen molar-refractivity contribution in [3.63, 3.8) is 0 Å². The maximum absolute atomic E-state index is 12.1. The lowest BCUT2D eigenvalue weighted by molar-refractivity contribution is 0.102. The predicted molar refractivity (Wildman–Crippen MR) is 89.4 cm³/mol. The minimum absolute atomic E-state index is 0.245. The van der Waals surface area contributed by atoms with Crippen LogP contribution in [0.15, 0.2) is 36.7 Å². The van der Waals surface area contributed by atoms with Crippen molar-refractivity contribution in [3.05, 3.63) is 47.4 Å². The van der Waals surface area contributed by atoms with E-state index in [1.165, 1.54) is 6.20 Å². The fourth-order valence-electron chi connectivity index (χ4n) is 1.77. The van der Waals surface area contributed by atoms with Crippen LogP contribution in [0.2, 0.25) is 5.02 Å². The number of hydrogen-bond donors (Lipinski definition) is 2. The van der Waals surface area contributed by atoms with Crippen molar-refractivity contribution in [1.29, 1.82) is 0 Å². The molecule has 5 nitrogen and oxygen atoms in total. The van der Waals surface area contributed by atoms with Crippen LogP contribution in [0, 0.1) is 5.92 Å². The summed E-state index contributed by atoms with van der Waals surface area (Å²) in [6.45, 7) is 5.16. The van der Waals surface area contributed by atoms with Crippen LogP contribution in [0.25, 0.3) is 0 Å². The second-order valence-corrected chi connectivity index (χ2v) is 5.74. The van der Waals surface area contributed by atoms with Crippen LogP contribution < -0.4 is 10.6 Å². The fourth-order valence-corrected chi connectivity index (χ4v) is 1.96. The van der Waals surface area contributed by atoms with E-state index in [1.54, 1.807) is 30.5 Å². The van der Waals surface area contributed by atoms with Crippen LogP contribution in [-0.4, -0.2) is 22.4 Å². The van der Waals surface area contributed by atoms with Gasteiger partial charge in [0.25, 0.3) is 5.91 Å². The van der Waals surface area contributed by atoms with Gasteiger partial charge in [-0.2, -0.15) is 0 Å². The highest BCUT2D eigenvalue weighted by Gasteiger charge is 2.10. The first-order valence-corrected chi connectivity index (χ1v) is 7.56. The molecule has 1 aromatic heterocycles. The van der Waals surface area contributed by atoms with Gasteiger partial charge in [-0.05, 0) is 24.5 Å². The van der Waals surface area contributed by atoms with Gasteiger partial charge in [-0.1, -0.05) is 37.6 Å². The van der Waals surface area contributed by atoms with E-state index in [0.29, 0.717) is 22.4 Å². The fraction of sp³-hybridized carbons (Fsp3) is 0.312. The highest BCUT2D eigenvalue weighted by molar-refractivity contribution is 6.33. The van der Waals surface area contributed by atoms with Gasteiger partial charge in [-0.3, -0.25) is 4.79 Å². The molecule has 0 atom stereocenters. The number of para-hydroxylation sites is 1. The summed E-state index contributed by atoms with van der Waals surface area (Å²) in [5.41, 5.74) is 0.796. The zero-order valence-electron chi connectivity index (χ0n) is 12.6. The summed E-state index contributed by atoms with van der Waals surface area (Å²) in [7, 11) is 0. The average molecular weight is 319 g/mol. The van der Waals surface area contributed by atoms with Crippen molar-refractivity contribution < 1.29 is 4.79 Å². The highest BCUT2D eigenvalue weighted by atomic mass is 35.5. The van der Waals surface area contributed by atoms with Gasteiger partial charge >= 0.3 is 0 Å². The van der Waals surface area contributed by atoms with Gasteiger partial charge in [0.05, 0.1) is 23.1 Å². The molecule has 22 heavy (non-hydrogen) atoms. The monoisotopic (exact) mass is 318 g/mol. The summed E-state index contributed by atoms with van der Waals surface area (Å²) in [6, 6.07) is 7.05. The van der Waals surface area contributed by atoms with E-state index in [-0.39, 0.29) is 11.6 Å². The highest BCUT2D eigenvalue weighted by Crippen LogP contribution is 2.20. The number of carbonyl (C=O) groups excluding carboxylic acids is 1. The topological polar surface area (TPSA) is 66.9 Å². The third-order valence-electron chi connectivity index (χ3n) is 3.03. The number of halogens is 1. The van der Waals surface area contributed by atoms with Crippen molar-refractivity contribution in [2.75, 3.05) is 17.2 Å². The second-order valence-electron chi connectivity index (χ2n) is 5.33. The summed E-state index contributed by atoms with van der Waals surface area (Å²) in [4.78, 5) is 20.4. The molecule has 0 aliphatic rings. The lowest BCUT2D eigenvalue weighted by Gasteiger charge is -2.08. The first-order valence-electron chi connectivity index (χ1n) is 7.18. The van der Waals surface area contributed by atoms with Crippen LogP contribution in [0.3, 0.4) is 0 Å². The van der Waals surface area contributed by atoms with E-state index in [4.69, 9.17) is 11.6 Å². The van der Waals surface area contributed by atoms with E-state index in [2.05, 4.69) is 34.4 Å². The Morgan fingerprint density at radius 1 is 1.23 bits per heavy atom. The van der Waals surface area contributed by atoms with E-state index in [9.17, 15) is 4.79 Å². The molecule has 2 rings (SSSR count). The number of benzene rings is 1. The molecule has 6 heteroatoms. The number of anilines is 2. The maximum atomic E-state index is 12.1. The van der Waals surface area contributed by atoms with Crippen molar-refractivity contribution in [3.8, 4) is 0 Å². The van der Waals surface area contributed by atoms with Gasteiger partial charge < -0.3 is 10.6 Å². The summed E-state index contributed by atoms with van der Waals surface area (Å²) < 4.78 is 0. The Labute approximate surface area is 135 Å². The van der Waals surface area contributed by atoms with Crippen molar-refractivity contribution >= 4 is 29.0 Å². The molecule has 0 aliphatic heterocycles. The summed E-state index contributed by atoms with van der Waals surface area (Å²) in [6.07, 6.45) is 4.06. The van der Waals surface area contributed by atoms with E-state index in [1.807, 2.05) is 0 Å². The first kappa shape index (κ1) is 16.2. The van der Waals surface area contributed by atoms with Crippen molar-refractivity contribution in [2.24, 2.45) is 5.92 Å². The van der Waals surface area contributed by atoms with Crippen LogP contribution in [-0.2, 0) is 0 Å². The Kier molecular flexibility index (Phi) is 5.72. The summed E-state index contributed by atoms with van der Waals surface area (Å²) in [5.74, 6) is 0.949. The molecule has 0 saturated heterocycles. The molecule has 116 valence electrons. The standard InChI is InChI=1S/C16H19ClN4O/c1-11(2)7-8-18-15-10-19-14(9-20-15)16(22)21-13-6-4-3-5-12(13)17/h3-6,9-11H,7-8H2,1-2H3,(H,18,20)(H,21,22). The van der Waals surface area contributed by atoms with Crippen LogP contribution in [0.1, 0.15) is 30.8 Å². The number of hydrogen-bond acceptors (Lipinski definition) is 4. The largest absolute Gasteiger partial charge is 0.369 e. The summed E-state index contributed by atoms with van der Waals surface area (Å²) in [5, 5.41) is 6.37. The SMILES string of the molecule is CC(C)CCNc1cnc(C(=O)Nc2ccccc2Cl)cn1. The Bertz CT molecular complexity index is 628. The Morgan fingerprint density at radius 3 is 2.64 bits per heavy atom.